The second-order valence-corrected chi connectivity index (χ2v) is 2.97. The third-order valence-electron chi connectivity index (χ3n) is 1.73. The van der Waals surface area contributed by atoms with Crippen molar-refractivity contribution in [3.05, 3.63) is 29.1 Å². The molecule has 0 saturated heterocycles. The third-order valence-corrected chi connectivity index (χ3v) is 1.73. The molecule has 0 heterocycles. The Morgan fingerprint density at radius 1 is 1.50 bits per heavy atom. The lowest BCUT2D eigenvalue weighted by atomic mass is 10.0. The number of aromatic hydroxyl groups is 1. The Bertz CT molecular complexity index is 297. The van der Waals surface area contributed by atoms with Crippen LogP contribution in [-0.4, -0.2) is 5.11 Å². The van der Waals surface area contributed by atoms with E-state index in [0.29, 0.717) is 5.56 Å². The van der Waals surface area contributed by atoms with Crippen molar-refractivity contribution in [1.29, 1.82) is 0 Å². The molecule has 0 aliphatic rings. The number of nitrogens with two attached hydrogens (primary N) is 1. The zero-order chi connectivity index (χ0) is 9.30. The fraction of sp³-hybridized carbons (Fsp3) is 0.333. The average Bonchev–Trinajstić information content (AvgIpc) is 1.96. The van der Waals surface area contributed by atoms with Crippen molar-refractivity contribution in [2.75, 3.05) is 0 Å². The molecule has 3 heteroatoms. The van der Waals surface area contributed by atoms with Gasteiger partial charge in [-0.25, -0.2) is 4.39 Å². The highest BCUT2D eigenvalue weighted by Gasteiger charge is 2.10. The largest absolute Gasteiger partial charge is 0.505 e. The summed E-state index contributed by atoms with van der Waals surface area (Å²) in [5.41, 5.74) is 6.74. The minimum absolute atomic E-state index is 0.337. The molecule has 0 unspecified atom stereocenters. The Morgan fingerprint density at radius 2 is 2.08 bits per heavy atom. The summed E-state index contributed by atoms with van der Waals surface area (Å²) >= 11 is 0. The normalized spacial score (nSPS) is 13.0. The summed E-state index contributed by atoms with van der Waals surface area (Å²) < 4.78 is 12.9. The Balaban J connectivity index is 3.28. The smallest absolute Gasteiger partial charge is 0.165 e. The van der Waals surface area contributed by atoms with E-state index in [0.717, 1.165) is 5.56 Å². The van der Waals surface area contributed by atoms with Gasteiger partial charge in [0.25, 0.3) is 0 Å². The Labute approximate surface area is 70.8 Å². The summed E-state index contributed by atoms with van der Waals surface area (Å²) in [4.78, 5) is 0. The van der Waals surface area contributed by atoms with Gasteiger partial charge >= 0.3 is 0 Å². The van der Waals surface area contributed by atoms with Crippen molar-refractivity contribution < 1.29 is 9.50 Å². The molecule has 1 aromatic carbocycles. The SMILES string of the molecule is Cc1cc(F)c(O)c([C@@H](C)N)c1. The number of halogens is 1. The second kappa shape index (κ2) is 3.11. The van der Waals surface area contributed by atoms with E-state index in [-0.39, 0.29) is 11.8 Å². The fourth-order valence-corrected chi connectivity index (χ4v) is 1.11. The minimum atomic E-state index is -0.609. The predicted molar refractivity (Wildman–Crippen MR) is 45.4 cm³/mol. The van der Waals surface area contributed by atoms with Crippen LogP contribution in [0.1, 0.15) is 24.1 Å². The molecule has 0 saturated carbocycles. The lowest BCUT2D eigenvalue weighted by molar-refractivity contribution is 0.422. The first-order valence-corrected chi connectivity index (χ1v) is 3.77. The average molecular weight is 169 g/mol. The van der Waals surface area contributed by atoms with Gasteiger partial charge in [-0.05, 0) is 25.5 Å². The molecule has 2 nitrogen and oxygen atoms in total. The van der Waals surface area contributed by atoms with E-state index in [1.165, 1.54) is 6.07 Å². The Morgan fingerprint density at radius 3 is 2.58 bits per heavy atom. The molecule has 1 rings (SSSR count). The number of hydrogen-bond acceptors (Lipinski definition) is 2. The molecule has 0 amide bonds. The molecule has 0 fully saturated rings. The van der Waals surface area contributed by atoms with Crippen molar-refractivity contribution in [2.45, 2.75) is 19.9 Å². The predicted octanol–water partition coefficient (Wildman–Crippen LogP) is 1.86. The molecule has 3 N–H and O–H groups in total. The topological polar surface area (TPSA) is 46.2 Å². The van der Waals surface area contributed by atoms with Gasteiger partial charge in [-0.15, -0.1) is 0 Å². The maximum Gasteiger partial charge on any atom is 0.165 e. The van der Waals surface area contributed by atoms with Crippen molar-refractivity contribution in [2.24, 2.45) is 5.73 Å². The molecule has 0 radical (unpaired) electrons. The van der Waals surface area contributed by atoms with Crippen LogP contribution in [0.3, 0.4) is 0 Å². The van der Waals surface area contributed by atoms with Crippen molar-refractivity contribution in [1.82, 2.24) is 0 Å². The first kappa shape index (κ1) is 9.00. The lowest BCUT2D eigenvalue weighted by Gasteiger charge is -2.09. The lowest BCUT2D eigenvalue weighted by Crippen LogP contribution is -2.06. The second-order valence-electron chi connectivity index (χ2n) is 2.97. The number of benzene rings is 1. The van der Waals surface area contributed by atoms with Crippen LogP contribution in [0.25, 0.3) is 0 Å². The van der Waals surface area contributed by atoms with Crippen molar-refractivity contribution >= 4 is 0 Å². The van der Waals surface area contributed by atoms with Crippen LogP contribution in [0.2, 0.25) is 0 Å². The van der Waals surface area contributed by atoms with Crippen LogP contribution in [-0.2, 0) is 0 Å². The first-order chi connectivity index (χ1) is 5.52. The van der Waals surface area contributed by atoms with Crippen LogP contribution in [0.4, 0.5) is 4.39 Å². The molecule has 0 aliphatic carbocycles. The molecule has 66 valence electrons. The van der Waals surface area contributed by atoms with Gasteiger partial charge in [-0.1, -0.05) is 6.07 Å². The monoisotopic (exact) mass is 169 g/mol. The van der Waals surface area contributed by atoms with Crippen LogP contribution in [0, 0.1) is 12.7 Å². The van der Waals surface area contributed by atoms with E-state index in [1.54, 1.807) is 19.9 Å². The third kappa shape index (κ3) is 1.56. The molecule has 0 spiro atoms. The number of aryl methyl sites for hydroxylation is 1. The van der Waals surface area contributed by atoms with Gasteiger partial charge in [0.2, 0.25) is 0 Å². The minimum Gasteiger partial charge on any atom is -0.505 e. The number of phenolic OH excluding ortho intramolecular Hbond substituents is 1. The molecule has 1 aromatic rings. The number of hydrogen-bond donors (Lipinski definition) is 2. The zero-order valence-corrected chi connectivity index (χ0v) is 7.13. The van der Waals surface area contributed by atoms with E-state index in [1.807, 2.05) is 0 Å². The quantitative estimate of drug-likeness (QED) is 0.674. The fourth-order valence-electron chi connectivity index (χ4n) is 1.11. The van der Waals surface area contributed by atoms with Crippen molar-refractivity contribution in [3.8, 4) is 5.75 Å². The van der Waals surface area contributed by atoms with Crippen LogP contribution < -0.4 is 5.73 Å². The molecule has 0 bridgehead atoms. The van der Waals surface area contributed by atoms with E-state index < -0.39 is 5.82 Å². The van der Waals surface area contributed by atoms with Gasteiger partial charge in [-0.2, -0.15) is 0 Å². The summed E-state index contributed by atoms with van der Waals surface area (Å²) in [6.45, 7) is 3.46. The van der Waals surface area contributed by atoms with Crippen molar-refractivity contribution in [3.63, 3.8) is 0 Å². The first-order valence-electron chi connectivity index (χ1n) is 3.77. The van der Waals surface area contributed by atoms with Gasteiger partial charge in [-0.3, -0.25) is 0 Å². The Hall–Kier alpha value is -1.09. The maximum absolute atomic E-state index is 12.9. The van der Waals surface area contributed by atoms with E-state index in [4.69, 9.17) is 5.73 Å². The standard InChI is InChI=1S/C9H12FNO/c1-5-3-7(6(2)11)9(12)8(10)4-5/h3-4,6,12H,11H2,1-2H3/t6-/m1/s1. The molecular formula is C9H12FNO. The van der Waals surface area contributed by atoms with Gasteiger partial charge in [0.15, 0.2) is 11.6 Å². The molecule has 1 atom stereocenters. The summed E-state index contributed by atoms with van der Waals surface area (Å²) in [6.07, 6.45) is 0. The van der Waals surface area contributed by atoms with Gasteiger partial charge in [0.05, 0.1) is 0 Å². The van der Waals surface area contributed by atoms with E-state index in [2.05, 4.69) is 0 Å². The zero-order valence-electron chi connectivity index (χ0n) is 7.13. The van der Waals surface area contributed by atoms with Crippen LogP contribution in [0.5, 0.6) is 5.75 Å². The van der Waals surface area contributed by atoms with Gasteiger partial charge < -0.3 is 10.8 Å². The van der Waals surface area contributed by atoms with E-state index >= 15 is 0 Å². The summed E-state index contributed by atoms with van der Waals surface area (Å²) in [6, 6.07) is 2.61. The van der Waals surface area contributed by atoms with Gasteiger partial charge in [0, 0.05) is 11.6 Å². The highest BCUT2D eigenvalue weighted by Crippen LogP contribution is 2.26. The maximum atomic E-state index is 12.9. The number of rotatable bonds is 1. The number of phenols is 1. The van der Waals surface area contributed by atoms with Gasteiger partial charge in [0.1, 0.15) is 0 Å². The van der Waals surface area contributed by atoms with Crippen LogP contribution >= 0.6 is 0 Å². The highest BCUT2D eigenvalue weighted by atomic mass is 19.1. The van der Waals surface area contributed by atoms with E-state index in [9.17, 15) is 9.50 Å². The summed E-state index contributed by atoms with van der Waals surface area (Å²) in [5.74, 6) is -0.946. The summed E-state index contributed by atoms with van der Waals surface area (Å²) in [7, 11) is 0. The highest BCUT2D eigenvalue weighted by molar-refractivity contribution is 5.38. The summed E-state index contributed by atoms with van der Waals surface area (Å²) in [5, 5.41) is 9.24. The molecule has 0 aliphatic heterocycles. The molecule has 0 aromatic heterocycles. The Kier molecular flexibility index (Phi) is 2.33. The van der Waals surface area contributed by atoms with Crippen LogP contribution in [0.15, 0.2) is 12.1 Å². The molecular weight excluding hydrogens is 157 g/mol. The molecule has 12 heavy (non-hydrogen) atoms.